The summed E-state index contributed by atoms with van der Waals surface area (Å²) >= 11 is 0. The summed E-state index contributed by atoms with van der Waals surface area (Å²) in [6.45, 7) is 4.57. The van der Waals surface area contributed by atoms with Crippen molar-refractivity contribution in [1.82, 2.24) is 10.2 Å². The van der Waals surface area contributed by atoms with Gasteiger partial charge in [0.05, 0.1) is 12.7 Å². The summed E-state index contributed by atoms with van der Waals surface area (Å²) in [6.07, 6.45) is 1.12. The summed E-state index contributed by atoms with van der Waals surface area (Å²) in [5.74, 6) is -1.03. The maximum Gasteiger partial charge on any atom is 0.332 e. The van der Waals surface area contributed by atoms with Crippen molar-refractivity contribution in [3.8, 4) is 0 Å². The largest absolute Gasteiger partial charge is 0.464 e. The molecular formula is C21H32N4O6. The molecule has 0 bridgehead atoms. The molecule has 1 fully saturated rings. The van der Waals surface area contributed by atoms with E-state index < -0.39 is 17.9 Å². The van der Waals surface area contributed by atoms with Crippen LogP contribution in [0.1, 0.15) is 50.0 Å². The van der Waals surface area contributed by atoms with Crippen LogP contribution in [0.4, 0.5) is 0 Å². The minimum Gasteiger partial charge on any atom is -0.464 e. The summed E-state index contributed by atoms with van der Waals surface area (Å²) in [6, 6.07) is 5.48. The fourth-order valence-corrected chi connectivity index (χ4v) is 3.10. The number of piperidine rings is 1. The van der Waals surface area contributed by atoms with E-state index in [1.165, 1.54) is 12.1 Å². The molecule has 172 valence electrons. The lowest BCUT2D eigenvalue weighted by molar-refractivity contribution is -0.152. The minimum absolute atomic E-state index is 0. The predicted octanol–water partition coefficient (Wildman–Crippen LogP) is 1.11. The minimum atomic E-state index is -0.696. The SMILES string of the molecule is C.CCOC(=O)COC1CCN(C(=O)[C@H](C)NC(=O)c2ccc(/C(N)=N/O)cc2)CC1. The second-order valence-corrected chi connectivity index (χ2v) is 6.90. The summed E-state index contributed by atoms with van der Waals surface area (Å²) in [7, 11) is 0. The lowest BCUT2D eigenvalue weighted by Gasteiger charge is -2.33. The second kappa shape index (κ2) is 12.5. The lowest BCUT2D eigenvalue weighted by Crippen LogP contribution is -2.50. The van der Waals surface area contributed by atoms with Gasteiger partial charge in [-0.1, -0.05) is 24.7 Å². The summed E-state index contributed by atoms with van der Waals surface area (Å²) < 4.78 is 10.4. The maximum absolute atomic E-state index is 12.6. The molecule has 0 unspecified atom stereocenters. The van der Waals surface area contributed by atoms with Crippen LogP contribution in [0, 0.1) is 0 Å². The van der Waals surface area contributed by atoms with E-state index in [4.69, 9.17) is 20.4 Å². The van der Waals surface area contributed by atoms with Crippen LogP contribution in [0.2, 0.25) is 0 Å². The number of rotatable bonds is 8. The number of nitrogens with one attached hydrogen (secondary N) is 1. The molecule has 0 spiro atoms. The predicted molar refractivity (Wildman–Crippen MR) is 115 cm³/mol. The maximum atomic E-state index is 12.6. The molecule has 10 nitrogen and oxygen atoms in total. The number of hydrogen-bond acceptors (Lipinski definition) is 7. The number of benzene rings is 1. The number of likely N-dealkylation sites (tertiary alicyclic amines) is 1. The number of nitrogens with two attached hydrogens (primary N) is 1. The standard InChI is InChI=1S/C20H28N4O6.CH4/c1-3-29-17(25)12-30-16-8-10-24(11-9-16)20(27)13(2)22-19(26)15-6-4-14(5-7-15)18(21)23-28;/h4-7,13,16,28H,3,8-12H2,1-2H3,(H2,21,23)(H,22,26);1H4/t13-;/m0./s1. The molecule has 4 N–H and O–H groups in total. The molecule has 2 rings (SSSR count). The Kier molecular flexibility index (Phi) is 10.5. The van der Waals surface area contributed by atoms with Crippen molar-refractivity contribution in [3.05, 3.63) is 35.4 Å². The highest BCUT2D eigenvalue weighted by molar-refractivity contribution is 6.00. The Bertz CT molecular complexity index is 773. The zero-order valence-electron chi connectivity index (χ0n) is 17.2. The lowest BCUT2D eigenvalue weighted by atomic mass is 10.1. The van der Waals surface area contributed by atoms with E-state index >= 15 is 0 Å². The van der Waals surface area contributed by atoms with Gasteiger partial charge in [-0.25, -0.2) is 4.79 Å². The molecule has 1 heterocycles. The average molecular weight is 437 g/mol. The van der Waals surface area contributed by atoms with Crippen molar-refractivity contribution < 1.29 is 29.1 Å². The van der Waals surface area contributed by atoms with E-state index in [0.717, 1.165) is 0 Å². The number of oxime groups is 1. The first-order chi connectivity index (χ1) is 14.3. The van der Waals surface area contributed by atoms with Gasteiger partial charge in [-0.3, -0.25) is 9.59 Å². The highest BCUT2D eigenvalue weighted by Crippen LogP contribution is 2.15. The van der Waals surface area contributed by atoms with Gasteiger partial charge in [0.25, 0.3) is 5.91 Å². The molecule has 1 aromatic carbocycles. The third-order valence-corrected chi connectivity index (χ3v) is 4.76. The summed E-state index contributed by atoms with van der Waals surface area (Å²) in [4.78, 5) is 38.1. The van der Waals surface area contributed by atoms with Gasteiger partial charge in [-0.15, -0.1) is 0 Å². The Morgan fingerprint density at radius 3 is 2.35 bits per heavy atom. The molecule has 10 heteroatoms. The average Bonchev–Trinajstić information content (AvgIpc) is 2.77. The van der Waals surface area contributed by atoms with E-state index in [1.807, 2.05) is 0 Å². The number of ether oxygens (including phenoxy) is 2. The summed E-state index contributed by atoms with van der Waals surface area (Å²) in [5.41, 5.74) is 6.33. The highest BCUT2D eigenvalue weighted by atomic mass is 16.6. The molecule has 0 aromatic heterocycles. The number of amidine groups is 1. The van der Waals surface area contributed by atoms with Crippen LogP contribution in [0.5, 0.6) is 0 Å². The number of nitrogens with zero attached hydrogens (tertiary/aromatic N) is 2. The van der Waals surface area contributed by atoms with Crippen molar-refractivity contribution in [3.63, 3.8) is 0 Å². The van der Waals surface area contributed by atoms with Crippen molar-refractivity contribution in [2.75, 3.05) is 26.3 Å². The molecule has 1 atom stereocenters. The normalized spacial score (nSPS) is 15.5. The van der Waals surface area contributed by atoms with Gasteiger partial charge < -0.3 is 30.6 Å². The molecule has 1 saturated heterocycles. The van der Waals surface area contributed by atoms with Gasteiger partial charge >= 0.3 is 5.97 Å². The fourth-order valence-electron chi connectivity index (χ4n) is 3.10. The van der Waals surface area contributed by atoms with Crippen LogP contribution in [-0.4, -0.2) is 72.2 Å². The molecule has 1 aromatic rings. The van der Waals surface area contributed by atoms with Gasteiger partial charge in [0.15, 0.2) is 5.84 Å². The molecule has 0 radical (unpaired) electrons. The molecule has 2 amide bonds. The molecular weight excluding hydrogens is 404 g/mol. The van der Waals surface area contributed by atoms with E-state index in [1.54, 1.807) is 30.9 Å². The quantitative estimate of drug-likeness (QED) is 0.182. The zero-order valence-corrected chi connectivity index (χ0v) is 17.2. The van der Waals surface area contributed by atoms with Crippen LogP contribution < -0.4 is 11.1 Å². The van der Waals surface area contributed by atoms with Crippen molar-refractivity contribution >= 4 is 23.6 Å². The Morgan fingerprint density at radius 1 is 1.23 bits per heavy atom. The van der Waals surface area contributed by atoms with Crippen LogP contribution >= 0.6 is 0 Å². The van der Waals surface area contributed by atoms with E-state index in [0.29, 0.717) is 43.7 Å². The topological polar surface area (TPSA) is 144 Å². The van der Waals surface area contributed by atoms with Gasteiger partial charge in [0.2, 0.25) is 5.91 Å². The summed E-state index contributed by atoms with van der Waals surface area (Å²) in [5, 5.41) is 14.3. The Balaban J connectivity index is 0.00000480. The van der Waals surface area contributed by atoms with Crippen molar-refractivity contribution in [1.29, 1.82) is 0 Å². The van der Waals surface area contributed by atoms with E-state index in [9.17, 15) is 14.4 Å². The Hall–Kier alpha value is -3.14. The third kappa shape index (κ3) is 7.56. The number of amides is 2. The van der Waals surface area contributed by atoms with Crippen LogP contribution in [-0.2, 0) is 19.1 Å². The first-order valence-corrected chi connectivity index (χ1v) is 9.80. The van der Waals surface area contributed by atoms with Gasteiger partial charge in [-0.2, -0.15) is 0 Å². The number of hydrogen-bond donors (Lipinski definition) is 3. The Morgan fingerprint density at radius 2 is 1.81 bits per heavy atom. The molecule has 1 aliphatic heterocycles. The van der Waals surface area contributed by atoms with E-state index in [-0.39, 0.29) is 31.9 Å². The number of carbonyl (C=O) groups is 3. The first kappa shape index (κ1) is 25.9. The highest BCUT2D eigenvalue weighted by Gasteiger charge is 2.27. The van der Waals surface area contributed by atoms with Gasteiger partial charge in [0.1, 0.15) is 12.6 Å². The van der Waals surface area contributed by atoms with E-state index in [2.05, 4.69) is 10.5 Å². The van der Waals surface area contributed by atoms with Crippen LogP contribution in [0.15, 0.2) is 29.4 Å². The third-order valence-electron chi connectivity index (χ3n) is 4.76. The fraction of sp³-hybridized carbons (Fsp3) is 0.524. The van der Waals surface area contributed by atoms with Crippen molar-refractivity contribution in [2.24, 2.45) is 10.9 Å². The molecule has 0 saturated carbocycles. The first-order valence-electron chi connectivity index (χ1n) is 9.80. The molecule has 1 aliphatic rings. The monoisotopic (exact) mass is 436 g/mol. The van der Waals surface area contributed by atoms with Crippen LogP contribution in [0.25, 0.3) is 0 Å². The Labute approximate surface area is 182 Å². The van der Waals surface area contributed by atoms with Gasteiger partial charge in [-0.05, 0) is 38.8 Å². The second-order valence-electron chi connectivity index (χ2n) is 6.90. The van der Waals surface area contributed by atoms with Crippen LogP contribution in [0.3, 0.4) is 0 Å². The smallest absolute Gasteiger partial charge is 0.332 e. The number of esters is 1. The zero-order chi connectivity index (χ0) is 22.1. The molecule has 31 heavy (non-hydrogen) atoms. The van der Waals surface area contributed by atoms with Gasteiger partial charge in [0, 0.05) is 24.2 Å². The van der Waals surface area contributed by atoms with Crippen molar-refractivity contribution in [2.45, 2.75) is 46.3 Å². The number of carbonyl (C=O) groups excluding carboxylic acids is 3. The molecule has 0 aliphatic carbocycles.